The molecule has 0 unspecified atom stereocenters. The van der Waals surface area contributed by atoms with E-state index in [0.29, 0.717) is 6.54 Å². The quantitative estimate of drug-likeness (QED) is 0.680. The molecule has 0 aliphatic heterocycles. The molecule has 0 bridgehead atoms. The molecule has 13 heavy (non-hydrogen) atoms. The molecule has 0 amide bonds. The molecule has 0 fully saturated rings. The van der Waals surface area contributed by atoms with E-state index in [4.69, 9.17) is 0 Å². The van der Waals surface area contributed by atoms with Crippen molar-refractivity contribution in [2.24, 2.45) is 7.05 Å². The number of esters is 1. The number of hydrogen-bond donors (Lipinski definition) is 1. The Kier molecular flexibility index (Phi) is 3.52. The van der Waals surface area contributed by atoms with Gasteiger partial charge in [0, 0.05) is 26.0 Å². The van der Waals surface area contributed by atoms with Gasteiger partial charge < -0.3 is 14.6 Å². The smallest absolute Gasteiger partial charge is 0.319 e. The summed E-state index contributed by atoms with van der Waals surface area (Å²) in [4.78, 5) is 10.7. The van der Waals surface area contributed by atoms with Gasteiger partial charge in [0.1, 0.15) is 0 Å². The molecule has 0 saturated carbocycles. The number of rotatable bonds is 4. The lowest BCUT2D eigenvalue weighted by atomic mass is 10.3. The largest absolute Gasteiger partial charge is 0.468 e. The molecule has 4 heteroatoms. The highest BCUT2D eigenvalue weighted by molar-refractivity contribution is 5.71. The number of nitrogens with zero attached hydrogens (tertiary/aromatic N) is 1. The summed E-state index contributed by atoms with van der Waals surface area (Å²) in [6.45, 7) is 0.946. The minimum Gasteiger partial charge on any atom is -0.468 e. The number of nitrogens with one attached hydrogen (secondary N) is 1. The van der Waals surface area contributed by atoms with Gasteiger partial charge in [-0.3, -0.25) is 4.79 Å². The van der Waals surface area contributed by atoms with Crippen LogP contribution in [-0.4, -0.2) is 24.2 Å². The first-order chi connectivity index (χ1) is 6.22. The van der Waals surface area contributed by atoms with Gasteiger partial charge in [-0.1, -0.05) is 0 Å². The summed E-state index contributed by atoms with van der Waals surface area (Å²) in [5.74, 6) is -0.240. The van der Waals surface area contributed by atoms with Crippen LogP contribution in [0.4, 0.5) is 0 Å². The van der Waals surface area contributed by atoms with Crippen LogP contribution >= 0.6 is 0 Å². The van der Waals surface area contributed by atoms with Crippen LogP contribution in [0.1, 0.15) is 5.56 Å². The lowest BCUT2D eigenvalue weighted by molar-refractivity contribution is -0.139. The number of aromatic nitrogens is 1. The van der Waals surface area contributed by atoms with E-state index in [-0.39, 0.29) is 12.5 Å². The van der Waals surface area contributed by atoms with E-state index < -0.39 is 0 Å². The summed E-state index contributed by atoms with van der Waals surface area (Å²) in [6, 6.07) is 2.00. The Balaban J connectivity index is 2.24. The highest BCUT2D eigenvalue weighted by atomic mass is 16.5. The molecule has 0 radical (unpaired) electrons. The van der Waals surface area contributed by atoms with Crippen molar-refractivity contribution in [1.82, 2.24) is 9.88 Å². The fourth-order valence-corrected chi connectivity index (χ4v) is 1.05. The van der Waals surface area contributed by atoms with Crippen molar-refractivity contribution in [3.8, 4) is 0 Å². The van der Waals surface area contributed by atoms with Gasteiger partial charge in [-0.05, 0) is 11.6 Å². The van der Waals surface area contributed by atoms with Crippen LogP contribution < -0.4 is 5.32 Å². The van der Waals surface area contributed by atoms with Crippen molar-refractivity contribution in [2.75, 3.05) is 13.7 Å². The molecule has 1 N–H and O–H groups in total. The number of methoxy groups -OCH3 is 1. The summed E-state index contributed by atoms with van der Waals surface area (Å²) in [5, 5.41) is 2.98. The number of carbonyl (C=O) groups excluding carboxylic acids is 1. The van der Waals surface area contributed by atoms with Crippen molar-refractivity contribution in [3.63, 3.8) is 0 Å². The number of ether oxygens (including phenoxy) is 1. The van der Waals surface area contributed by atoms with Gasteiger partial charge in [-0.2, -0.15) is 0 Å². The van der Waals surface area contributed by atoms with E-state index in [1.165, 1.54) is 7.11 Å². The molecular weight excluding hydrogens is 168 g/mol. The Morgan fingerprint density at radius 1 is 1.69 bits per heavy atom. The number of aryl methyl sites for hydroxylation is 1. The van der Waals surface area contributed by atoms with Crippen LogP contribution in [0.25, 0.3) is 0 Å². The van der Waals surface area contributed by atoms with Gasteiger partial charge in [0.15, 0.2) is 0 Å². The zero-order chi connectivity index (χ0) is 9.68. The van der Waals surface area contributed by atoms with E-state index in [1.807, 2.05) is 30.1 Å². The highest BCUT2D eigenvalue weighted by Crippen LogP contribution is 1.97. The zero-order valence-corrected chi connectivity index (χ0v) is 7.91. The second-order valence-corrected chi connectivity index (χ2v) is 2.86. The maximum absolute atomic E-state index is 10.7. The summed E-state index contributed by atoms with van der Waals surface area (Å²) in [5.41, 5.74) is 1.16. The lowest BCUT2D eigenvalue weighted by Crippen LogP contribution is -2.23. The van der Waals surface area contributed by atoms with Crippen LogP contribution in [0.3, 0.4) is 0 Å². The molecule has 0 saturated heterocycles. The second kappa shape index (κ2) is 4.67. The maximum atomic E-state index is 10.7. The molecule has 0 aromatic carbocycles. The van der Waals surface area contributed by atoms with Crippen LogP contribution in [0.5, 0.6) is 0 Å². The van der Waals surface area contributed by atoms with E-state index in [2.05, 4.69) is 10.1 Å². The molecule has 1 aromatic rings. The van der Waals surface area contributed by atoms with Gasteiger partial charge >= 0.3 is 5.97 Å². The van der Waals surface area contributed by atoms with E-state index >= 15 is 0 Å². The van der Waals surface area contributed by atoms with Crippen molar-refractivity contribution in [1.29, 1.82) is 0 Å². The minimum atomic E-state index is -0.240. The fourth-order valence-electron chi connectivity index (χ4n) is 1.05. The second-order valence-electron chi connectivity index (χ2n) is 2.86. The highest BCUT2D eigenvalue weighted by Gasteiger charge is 1.99. The first kappa shape index (κ1) is 9.80. The Morgan fingerprint density at radius 3 is 3.00 bits per heavy atom. The fraction of sp³-hybridized carbons (Fsp3) is 0.444. The minimum absolute atomic E-state index is 0.240. The molecule has 1 aromatic heterocycles. The molecule has 0 aliphatic rings. The molecule has 1 heterocycles. The maximum Gasteiger partial charge on any atom is 0.319 e. The lowest BCUT2D eigenvalue weighted by Gasteiger charge is -2.00. The third kappa shape index (κ3) is 3.29. The van der Waals surface area contributed by atoms with E-state index in [1.54, 1.807) is 0 Å². The van der Waals surface area contributed by atoms with Crippen LogP contribution in [0.2, 0.25) is 0 Å². The molecule has 1 rings (SSSR count). The molecule has 72 valence electrons. The molecule has 4 nitrogen and oxygen atoms in total. The molecule has 0 aliphatic carbocycles. The van der Waals surface area contributed by atoms with Gasteiger partial charge in [0.25, 0.3) is 0 Å². The average Bonchev–Trinajstić information content (AvgIpc) is 2.51. The normalized spacial score (nSPS) is 10.0. The van der Waals surface area contributed by atoms with Crippen LogP contribution in [-0.2, 0) is 23.1 Å². The number of carbonyl (C=O) groups is 1. The molecule has 0 spiro atoms. The zero-order valence-electron chi connectivity index (χ0n) is 7.91. The molecule has 0 atom stereocenters. The van der Waals surface area contributed by atoms with Crippen molar-refractivity contribution < 1.29 is 9.53 Å². The summed E-state index contributed by atoms with van der Waals surface area (Å²) in [7, 11) is 3.34. The predicted octanol–water partition coefficient (Wildman–Crippen LogP) is 0.288. The van der Waals surface area contributed by atoms with Crippen LogP contribution in [0.15, 0.2) is 18.5 Å². The monoisotopic (exact) mass is 182 g/mol. The van der Waals surface area contributed by atoms with Gasteiger partial charge in [0.2, 0.25) is 0 Å². The first-order valence-corrected chi connectivity index (χ1v) is 4.11. The first-order valence-electron chi connectivity index (χ1n) is 4.11. The van der Waals surface area contributed by atoms with Crippen molar-refractivity contribution >= 4 is 5.97 Å². The summed E-state index contributed by atoms with van der Waals surface area (Å²) in [6.07, 6.45) is 3.97. The standard InChI is InChI=1S/C9H14N2O2/c1-11-4-3-8(7-11)5-10-6-9(12)13-2/h3-4,7,10H,5-6H2,1-2H3. The Labute approximate surface area is 77.5 Å². The van der Waals surface area contributed by atoms with Crippen LogP contribution in [0, 0.1) is 0 Å². The van der Waals surface area contributed by atoms with E-state index in [0.717, 1.165) is 5.56 Å². The van der Waals surface area contributed by atoms with E-state index in [9.17, 15) is 4.79 Å². The predicted molar refractivity (Wildman–Crippen MR) is 49.1 cm³/mol. The summed E-state index contributed by atoms with van der Waals surface area (Å²) >= 11 is 0. The van der Waals surface area contributed by atoms with Crippen molar-refractivity contribution in [2.45, 2.75) is 6.54 Å². The third-order valence-electron chi connectivity index (χ3n) is 1.72. The van der Waals surface area contributed by atoms with Crippen molar-refractivity contribution in [3.05, 3.63) is 24.0 Å². The summed E-state index contributed by atoms with van der Waals surface area (Å²) < 4.78 is 6.45. The number of hydrogen-bond acceptors (Lipinski definition) is 3. The topological polar surface area (TPSA) is 43.3 Å². The Bertz CT molecular complexity index is 281. The third-order valence-corrected chi connectivity index (χ3v) is 1.72. The molecular formula is C9H14N2O2. The average molecular weight is 182 g/mol. The Morgan fingerprint density at radius 2 is 2.46 bits per heavy atom. The van der Waals surface area contributed by atoms with Gasteiger partial charge in [-0.25, -0.2) is 0 Å². The van der Waals surface area contributed by atoms with Gasteiger partial charge in [0.05, 0.1) is 13.7 Å². The SMILES string of the molecule is COC(=O)CNCc1ccn(C)c1. The Hall–Kier alpha value is -1.29. The van der Waals surface area contributed by atoms with Gasteiger partial charge in [-0.15, -0.1) is 0 Å².